The fraction of sp³-hybridized carbons (Fsp3) is 1.00. The summed E-state index contributed by atoms with van der Waals surface area (Å²) in [7, 11) is -0.0834. The Hall–Kier alpha value is 0.0700. The number of unbranched alkanes of at least 4 members (excludes halogenated alkanes) is 13. The van der Waals surface area contributed by atoms with Crippen LogP contribution in [0.15, 0.2) is 0 Å². The van der Waals surface area contributed by atoms with Crippen LogP contribution in [-0.4, -0.2) is 47.1 Å². The van der Waals surface area contributed by atoms with E-state index in [9.17, 15) is 14.4 Å². The summed E-state index contributed by atoms with van der Waals surface area (Å²) in [5.74, 6) is 0. The van der Waals surface area contributed by atoms with Gasteiger partial charge in [0.15, 0.2) is 0 Å². The van der Waals surface area contributed by atoms with Gasteiger partial charge in [-0.25, -0.2) is 4.57 Å². The molecule has 0 bridgehead atoms. The Morgan fingerprint density at radius 1 is 0.833 bits per heavy atom. The van der Waals surface area contributed by atoms with Gasteiger partial charge in [-0.1, -0.05) is 96.8 Å². The monoisotopic (exact) mass is 448 g/mol. The molecule has 0 heterocycles. The molecule has 1 fully saturated rings. The molecule has 1 rings (SSSR count). The molecule has 0 radical (unpaired) electrons. The van der Waals surface area contributed by atoms with Crippen molar-refractivity contribution >= 4 is 7.82 Å². The minimum Gasteiger partial charge on any atom is -0.324 e. The molecule has 1 aliphatic carbocycles. The van der Waals surface area contributed by atoms with Crippen molar-refractivity contribution in [3.05, 3.63) is 0 Å². The van der Waals surface area contributed by atoms with Gasteiger partial charge in [-0.3, -0.25) is 4.52 Å². The van der Waals surface area contributed by atoms with E-state index in [1.807, 2.05) is 0 Å². The number of rotatable bonds is 20. The van der Waals surface area contributed by atoms with E-state index in [1.165, 1.54) is 96.3 Å². The van der Waals surface area contributed by atoms with Gasteiger partial charge >= 0.3 is 7.82 Å². The van der Waals surface area contributed by atoms with Crippen molar-refractivity contribution in [3.63, 3.8) is 0 Å². The summed E-state index contributed by atoms with van der Waals surface area (Å²) in [6.07, 6.45) is 22.5. The summed E-state index contributed by atoms with van der Waals surface area (Å²) >= 11 is 0. The van der Waals surface area contributed by atoms with Crippen LogP contribution in [0.4, 0.5) is 0 Å². The second kappa shape index (κ2) is 15.8. The first-order valence-corrected chi connectivity index (χ1v) is 14.3. The van der Waals surface area contributed by atoms with Gasteiger partial charge in [-0.2, -0.15) is 0 Å². The zero-order chi connectivity index (χ0) is 22.3. The van der Waals surface area contributed by atoms with E-state index in [2.05, 4.69) is 21.0 Å². The van der Waals surface area contributed by atoms with Gasteiger partial charge in [0.1, 0.15) is 12.6 Å². The first-order valence-electron chi connectivity index (χ1n) is 12.8. The summed E-state index contributed by atoms with van der Waals surface area (Å²) in [4.78, 5) is 18.6. The molecule has 1 atom stereocenters. The lowest BCUT2D eigenvalue weighted by Crippen LogP contribution is -2.55. The smallest absolute Gasteiger partial charge is 0.324 e. The molecule has 180 valence electrons. The number of hydrogen-bond acceptors (Lipinski definition) is 2. The maximum absolute atomic E-state index is 11.4. The predicted octanol–water partition coefficient (Wildman–Crippen LogP) is 6.96. The van der Waals surface area contributed by atoms with Crippen LogP contribution < -0.4 is 0 Å². The standard InChI is InChI=1S/C24H50NO4P/c1-4-5-6-7-8-9-10-11-12-13-14-15-16-17-21-24(29-30(26,27)28)22-25(2,3)23-19-18-20-23/h23-24H,4-22H2,1-3H3,(H-,26,27,28)/p+1. The zero-order valence-corrected chi connectivity index (χ0v) is 21.1. The van der Waals surface area contributed by atoms with Crippen molar-refractivity contribution < 1.29 is 23.4 Å². The van der Waals surface area contributed by atoms with E-state index in [0.29, 0.717) is 12.6 Å². The normalized spacial score (nSPS) is 16.6. The van der Waals surface area contributed by atoms with E-state index < -0.39 is 7.82 Å². The van der Waals surface area contributed by atoms with Gasteiger partial charge in [0.05, 0.1) is 20.1 Å². The number of nitrogens with zero attached hydrogens (tertiary/aromatic N) is 1. The summed E-state index contributed by atoms with van der Waals surface area (Å²) < 4.78 is 17.4. The molecule has 0 aromatic carbocycles. The van der Waals surface area contributed by atoms with Gasteiger partial charge in [0, 0.05) is 0 Å². The van der Waals surface area contributed by atoms with Crippen LogP contribution >= 0.6 is 7.82 Å². The molecular formula is C24H51NO4P+. The van der Waals surface area contributed by atoms with E-state index >= 15 is 0 Å². The third-order valence-corrected chi connectivity index (χ3v) is 7.48. The third kappa shape index (κ3) is 14.2. The first-order chi connectivity index (χ1) is 14.2. The maximum Gasteiger partial charge on any atom is 0.470 e. The van der Waals surface area contributed by atoms with Crippen molar-refractivity contribution in [1.29, 1.82) is 0 Å². The summed E-state index contributed by atoms with van der Waals surface area (Å²) in [6.45, 7) is 2.96. The van der Waals surface area contributed by atoms with Crippen molar-refractivity contribution in [2.45, 2.75) is 135 Å². The topological polar surface area (TPSA) is 66.8 Å². The second-order valence-corrected chi connectivity index (χ2v) is 11.3. The second-order valence-electron chi connectivity index (χ2n) is 10.1. The van der Waals surface area contributed by atoms with Crippen molar-refractivity contribution in [2.24, 2.45) is 0 Å². The fourth-order valence-corrected chi connectivity index (χ4v) is 5.26. The molecule has 1 unspecified atom stereocenters. The molecule has 0 aromatic heterocycles. The molecule has 5 nitrogen and oxygen atoms in total. The van der Waals surface area contributed by atoms with Crippen LogP contribution in [0.5, 0.6) is 0 Å². The summed E-state index contributed by atoms with van der Waals surface area (Å²) in [5, 5.41) is 0. The number of phosphoric acid groups is 1. The fourth-order valence-electron chi connectivity index (χ4n) is 4.70. The summed E-state index contributed by atoms with van der Waals surface area (Å²) in [6, 6.07) is 0.615. The van der Waals surface area contributed by atoms with Crippen LogP contribution in [0.3, 0.4) is 0 Å². The van der Waals surface area contributed by atoms with Gasteiger partial charge in [0.2, 0.25) is 0 Å². The molecule has 0 amide bonds. The highest BCUT2D eigenvalue weighted by Crippen LogP contribution is 2.40. The summed E-state index contributed by atoms with van der Waals surface area (Å²) in [5.41, 5.74) is 0. The van der Waals surface area contributed by atoms with Gasteiger partial charge in [-0.15, -0.1) is 0 Å². The zero-order valence-electron chi connectivity index (χ0n) is 20.2. The highest BCUT2D eigenvalue weighted by Gasteiger charge is 2.37. The maximum atomic E-state index is 11.4. The molecule has 0 aromatic rings. The molecule has 6 heteroatoms. The lowest BCUT2D eigenvalue weighted by Gasteiger charge is -2.44. The third-order valence-electron chi connectivity index (χ3n) is 6.90. The minimum atomic E-state index is -4.43. The average Bonchev–Trinajstić information content (AvgIpc) is 2.58. The Kier molecular flexibility index (Phi) is 14.8. The molecule has 1 saturated carbocycles. The van der Waals surface area contributed by atoms with Crippen LogP contribution in [0.2, 0.25) is 0 Å². The van der Waals surface area contributed by atoms with Crippen LogP contribution in [0.25, 0.3) is 0 Å². The number of phosphoric ester groups is 1. The molecule has 0 aliphatic heterocycles. The lowest BCUT2D eigenvalue weighted by atomic mass is 9.89. The van der Waals surface area contributed by atoms with E-state index in [0.717, 1.165) is 23.7 Å². The quantitative estimate of drug-likeness (QED) is 0.120. The van der Waals surface area contributed by atoms with E-state index in [1.54, 1.807) is 0 Å². The lowest BCUT2D eigenvalue weighted by molar-refractivity contribution is -0.923. The molecule has 0 saturated heterocycles. The van der Waals surface area contributed by atoms with Crippen molar-refractivity contribution in [3.8, 4) is 0 Å². The SMILES string of the molecule is CCCCCCCCCCCCCCCCC(C[N+](C)(C)C1CCC1)OP(=O)(O)O. The van der Waals surface area contributed by atoms with Gasteiger partial charge in [0.25, 0.3) is 0 Å². The van der Waals surface area contributed by atoms with Crippen LogP contribution in [0, 0.1) is 0 Å². The van der Waals surface area contributed by atoms with Gasteiger partial charge in [-0.05, 0) is 25.7 Å². The molecular weight excluding hydrogens is 397 g/mol. The highest BCUT2D eigenvalue weighted by molar-refractivity contribution is 7.46. The number of quaternary nitrogens is 1. The Labute approximate surface area is 186 Å². The van der Waals surface area contributed by atoms with Crippen LogP contribution in [-0.2, 0) is 9.09 Å². The molecule has 0 spiro atoms. The highest BCUT2D eigenvalue weighted by atomic mass is 31.2. The Morgan fingerprint density at radius 2 is 1.27 bits per heavy atom. The van der Waals surface area contributed by atoms with E-state index in [4.69, 9.17) is 4.52 Å². The Bertz CT molecular complexity index is 462. The average molecular weight is 449 g/mol. The van der Waals surface area contributed by atoms with E-state index in [-0.39, 0.29) is 6.10 Å². The molecule has 30 heavy (non-hydrogen) atoms. The van der Waals surface area contributed by atoms with Crippen molar-refractivity contribution in [1.82, 2.24) is 0 Å². The van der Waals surface area contributed by atoms with Crippen molar-refractivity contribution in [2.75, 3.05) is 20.6 Å². The number of likely N-dealkylation sites (N-methyl/N-ethyl adjacent to an activating group) is 1. The Morgan fingerprint density at radius 3 is 1.63 bits per heavy atom. The molecule has 1 aliphatic rings. The van der Waals surface area contributed by atoms with Gasteiger partial charge < -0.3 is 14.3 Å². The molecule has 2 N–H and O–H groups in total. The minimum absolute atomic E-state index is 0.348. The Balaban J connectivity index is 2.06. The number of hydrogen-bond donors (Lipinski definition) is 2. The predicted molar refractivity (Wildman–Crippen MR) is 126 cm³/mol. The van der Waals surface area contributed by atoms with Crippen LogP contribution in [0.1, 0.15) is 122 Å². The largest absolute Gasteiger partial charge is 0.470 e. The first kappa shape index (κ1) is 28.1.